The van der Waals surface area contributed by atoms with Crippen LogP contribution in [-0.4, -0.2) is 49.2 Å². The molecule has 7 nitrogen and oxygen atoms in total. The molecule has 1 atom stereocenters. The van der Waals surface area contributed by atoms with E-state index < -0.39 is 0 Å². The van der Waals surface area contributed by atoms with Crippen molar-refractivity contribution in [3.8, 4) is 11.6 Å². The molecule has 1 fully saturated rings. The fourth-order valence-corrected chi connectivity index (χ4v) is 3.28. The molecule has 0 bridgehead atoms. The molecule has 1 aromatic heterocycles. The van der Waals surface area contributed by atoms with Gasteiger partial charge in [-0.3, -0.25) is 4.79 Å². The third kappa shape index (κ3) is 5.42. The number of hydrogen-bond acceptors (Lipinski definition) is 6. The molecule has 0 aliphatic carbocycles. The lowest BCUT2D eigenvalue weighted by molar-refractivity contribution is -0.125. The maximum absolute atomic E-state index is 12.5. The highest BCUT2D eigenvalue weighted by Crippen LogP contribution is 2.31. The Bertz CT molecular complexity index is 767. The first-order chi connectivity index (χ1) is 13.7. The average Bonchev–Trinajstić information content (AvgIpc) is 2.73. The number of carbonyl (C=O) groups is 1. The second-order valence-corrected chi connectivity index (χ2v) is 7.02. The van der Waals surface area contributed by atoms with Gasteiger partial charge in [-0.2, -0.15) is 0 Å². The zero-order valence-electron chi connectivity index (χ0n) is 16.6. The number of hydrogen-bond donors (Lipinski definition) is 1. The second-order valence-electron chi connectivity index (χ2n) is 7.02. The summed E-state index contributed by atoms with van der Waals surface area (Å²) in [5.41, 5.74) is 1.17. The summed E-state index contributed by atoms with van der Waals surface area (Å²) in [6.07, 6.45) is 5.90. The number of rotatable bonds is 8. The van der Waals surface area contributed by atoms with Gasteiger partial charge in [0.1, 0.15) is 5.75 Å². The summed E-state index contributed by atoms with van der Waals surface area (Å²) in [4.78, 5) is 23.5. The molecule has 2 aromatic rings. The Kier molecular flexibility index (Phi) is 7.19. The topological polar surface area (TPSA) is 76.6 Å². The summed E-state index contributed by atoms with van der Waals surface area (Å²) in [6, 6.07) is 7.83. The predicted octanol–water partition coefficient (Wildman–Crippen LogP) is 2.95. The minimum absolute atomic E-state index is 0.0643. The maximum atomic E-state index is 12.5. The molecule has 1 aromatic carbocycles. The van der Waals surface area contributed by atoms with E-state index in [-0.39, 0.29) is 11.8 Å². The first-order valence-electron chi connectivity index (χ1n) is 9.74. The molecule has 1 aliphatic rings. The molecule has 1 amide bonds. The summed E-state index contributed by atoms with van der Waals surface area (Å²) in [7, 11) is 1.66. The third-order valence-corrected chi connectivity index (χ3v) is 4.80. The average molecular weight is 384 g/mol. The third-order valence-electron chi connectivity index (χ3n) is 4.80. The number of anilines is 1. The smallest absolute Gasteiger partial charge is 0.263 e. The van der Waals surface area contributed by atoms with Crippen molar-refractivity contribution < 1.29 is 14.3 Å². The molecule has 7 heteroatoms. The fraction of sp³-hybridized carbons (Fsp3) is 0.476. The van der Waals surface area contributed by atoms with Crippen LogP contribution in [0.5, 0.6) is 11.6 Å². The number of benzene rings is 1. The van der Waals surface area contributed by atoms with E-state index in [4.69, 9.17) is 9.47 Å². The van der Waals surface area contributed by atoms with E-state index in [0.29, 0.717) is 31.4 Å². The molecule has 1 aliphatic heterocycles. The van der Waals surface area contributed by atoms with E-state index in [0.717, 1.165) is 31.6 Å². The molecule has 1 N–H and O–H groups in total. The van der Waals surface area contributed by atoms with Gasteiger partial charge in [0, 0.05) is 45.7 Å². The molecule has 2 heterocycles. The molecule has 0 spiro atoms. The highest BCUT2D eigenvalue weighted by Gasteiger charge is 2.28. The van der Waals surface area contributed by atoms with Crippen molar-refractivity contribution in [2.75, 3.05) is 38.3 Å². The van der Waals surface area contributed by atoms with E-state index in [9.17, 15) is 4.79 Å². The van der Waals surface area contributed by atoms with Crippen molar-refractivity contribution >= 4 is 11.7 Å². The lowest BCUT2D eigenvalue weighted by atomic mass is 9.97. The normalized spacial score (nSPS) is 16.6. The van der Waals surface area contributed by atoms with Crippen molar-refractivity contribution in [2.24, 2.45) is 5.92 Å². The number of nitrogens with one attached hydrogen (secondary N) is 1. The summed E-state index contributed by atoms with van der Waals surface area (Å²) in [5.74, 6) is 1.89. The molecule has 1 saturated heterocycles. The highest BCUT2D eigenvalue weighted by atomic mass is 16.5. The zero-order chi connectivity index (χ0) is 19.8. The first kappa shape index (κ1) is 20.1. The highest BCUT2D eigenvalue weighted by molar-refractivity contribution is 5.79. The summed E-state index contributed by atoms with van der Waals surface area (Å²) >= 11 is 0. The Morgan fingerprint density at radius 3 is 2.82 bits per heavy atom. The Balaban J connectivity index is 1.65. The van der Waals surface area contributed by atoms with Crippen LogP contribution in [0.1, 0.15) is 24.8 Å². The summed E-state index contributed by atoms with van der Waals surface area (Å²) in [5, 5.41) is 3.01. The van der Waals surface area contributed by atoms with E-state index in [1.54, 1.807) is 19.5 Å². The standard InChI is InChI=1S/C21H28N4O3/c1-16-6-8-18(9-7-16)28-21-19(22-11-12-24-21)25-13-3-5-17(15-25)20(26)23-10-4-14-27-2/h6-9,11-12,17H,3-5,10,13-15H2,1-2H3,(H,23,26). The van der Waals surface area contributed by atoms with Crippen LogP contribution < -0.4 is 15.0 Å². The Hall–Kier alpha value is -2.67. The lowest BCUT2D eigenvalue weighted by Gasteiger charge is -2.33. The summed E-state index contributed by atoms with van der Waals surface area (Å²) < 4.78 is 11.0. The van der Waals surface area contributed by atoms with Gasteiger partial charge in [0.25, 0.3) is 5.88 Å². The van der Waals surface area contributed by atoms with Gasteiger partial charge in [-0.1, -0.05) is 17.7 Å². The summed E-state index contributed by atoms with van der Waals surface area (Å²) in [6.45, 7) is 4.76. The van der Waals surface area contributed by atoms with Crippen molar-refractivity contribution in [3.05, 3.63) is 42.2 Å². The van der Waals surface area contributed by atoms with Gasteiger partial charge in [0.05, 0.1) is 5.92 Å². The van der Waals surface area contributed by atoms with Gasteiger partial charge < -0.3 is 19.7 Å². The van der Waals surface area contributed by atoms with E-state index in [1.165, 1.54) is 5.56 Å². The number of carbonyl (C=O) groups excluding carboxylic acids is 1. The minimum atomic E-state index is -0.0643. The van der Waals surface area contributed by atoms with Crippen molar-refractivity contribution in [1.82, 2.24) is 15.3 Å². The molecular formula is C21H28N4O3. The number of ether oxygens (including phenoxy) is 2. The predicted molar refractivity (Wildman–Crippen MR) is 108 cm³/mol. The number of amides is 1. The van der Waals surface area contributed by atoms with E-state index >= 15 is 0 Å². The number of aryl methyl sites for hydroxylation is 1. The number of aromatic nitrogens is 2. The Morgan fingerprint density at radius 2 is 2.04 bits per heavy atom. The monoisotopic (exact) mass is 384 g/mol. The fourth-order valence-electron chi connectivity index (χ4n) is 3.28. The van der Waals surface area contributed by atoms with Crippen molar-refractivity contribution in [3.63, 3.8) is 0 Å². The maximum Gasteiger partial charge on any atom is 0.263 e. The van der Waals surface area contributed by atoms with Crippen LogP contribution in [0.4, 0.5) is 5.82 Å². The van der Waals surface area contributed by atoms with Gasteiger partial charge in [-0.25, -0.2) is 9.97 Å². The largest absolute Gasteiger partial charge is 0.436 e. The first-order valence-corrected chi connectivity index (χ1v) is 9.74. The number of piperidine rings is 1. The van der Waals surface area contributed by atoms with Crippen LogP contribution >= 0.6 is 0 Å². The molecule has 28 heavy (non-hydrogen) atoms. The SMILES string of the molecule is COCCCNC(=O)C1CCCN(c2nccnc2Oc2ccc(C)cc2)C1. The van der Waals surface area contributed by atoms with Gasteiger partial charge in [0.15, 0.2) is 5.82 Å². The number of methoxy groups -OCH3 is 1. The van der Waals surface area contributed by atoms with E-state index in [1.807, 2.05) is 31.2 Å². The number of nitrogens with zero attached hydrogens (tertiary/aromatic N) is 3. The van der Waals surface area contributed by atoms with Crippen LogP contribution in [0, 0.1) is 12.8 Å². The molecule has 0 saturated carbocycles. The molecular weight excluding hydrogens is 356 g/mol. The Morgan fingerprint density at radius 1 is 1.25 bits per heavy atom. The van der Waals surface area contributed by atoms with Crippen molar-refractivity contribution in [1.29, 1.82) is 0 Å². The van der Waals surface area contributed by atoms with Crippen molar-refractivity contribution in [2.45, 2.75) is 26.2 Å². The molecule has 0 radical (unpaired) electrons. The lowest BCUT2D eigenvalue weighted by Crippen LogP contribution is -2.43. The Labute approximate surface area is 166 Å². The van der Waals surface area contributed by atoms with Crippen LogP contribution in [-0.2, 0) is 9.53 Å². The zero-order valence-corrected chi connectivity index (χ0v) is 16.6. The van der Waals surface area contributed by atoms with Crippen LogP contribution in [0.25, 0.3) is 0 Å². The van der Waals surface area contributed by atoms with Crippen LogP contribution in [0.2, 0.25) is 0 Å². The minimum Gasteiger partial charge on any atom is -0.436 e. The molecule has 150 valence electrons. The van der Waals surface area contributed by atoms with Gasteiger partial charge >= 0.3 is 0 Å². The molecule has 1 unspecified atom stereocenters. The van der Waals surface area contributed by atoms with Gasteiger partial charge in [-0.15, -0.1) is 0 Å². The molecule has 3 rings (SSSR count). The van der Waals surface area contributed by atoms with Gasteiger partial charge in [-0.05, 0) is 38.3 Å². The second kappa shape index (κ2) is 10.0. The van der Waals surface area contributed by atoms with Gasteiger partial charge in [0.2, 0.25) is 5.91 Å². The quantitative estimate of drug-likeness (QED) is 0.705. The van der Waals surface area contributed by atoms with Crippen LogP contribution in [0.3, 0.4) is 0 Å². The van der Waals surface area contributed by atoms with Crippen LogP contribution in [0.15, 0.2) is 36.7 Å². The van der Waals surface area contributed by atoms with E-state index in [2.05, 4.69) is 20.2 Å².